The normalized spacial score (nSPS) is 10.8. The van der Waals surface area contributed by atoms with Gasteiger partial charge in [-0.3, -0.25) is 4.79 Å². The molecule has 0 saturated carbocycles. The van der Waals surface area contributed by atoms with Crippen LogP contribution in [0.15, 0.2) is 71.5 Å². The van der Waals surface area contributed by atoms with Crippen LogP contribution in [0, 0.1) is 6.92 Å². The Morgan fingerprint density at radius 2 is 1.85 bits per heavy atom. The topological polar surface area (TPSA) is 55.1 Å². The number of hydrogen-bond acceptors (Lipinski definition) is 3. The summed E-state index contributed by atoms with van der Waals surface area (Å²) in [4.78, 5) is 16.5. The van der Waals surface area contributed by atoms with E-state index in [0.717, 1.165) is 27.8 Å². The molecule has 3 aromatic carbocycles. The predicted molar refractivity (Wildman–Crippen MR) is 104 cm³/mol. The number of fused-ring (bicyclic) bond motifs is 1. The van der Waals surface area contributed by atoms with Gasteiger partial charge in [0.1, 0.15) is 5.52 Å². The third kappa shape index (κ3) is 3.07. The molecule has 5 heteroatoms. The average molecular weight is 363 g/mol. The molecule has 1 heterocycles. The fourth-order valence-corrected chi connectivity index (χ4v) is 3.12. The number of aryl methyl sites for hydroxylation is 1. The number of halogens is 1. The van der Waals surface area contributed by atoms with Crippen LogP contribution in [0.1, 0.15) is 15.9 Å². The van der Waals surface area contributed by atoms with E-state index in [9.17, 15) is 4.79 Å². The van der Waals surface area contributed by atoms with Crippen LogP contribution in [0.2, 0.25) is 5.02 Å². The van der Waals surface area contributed by atoms with Gasteiger partial charge in [-0.25, -0.2) is 4.98 Å². The van der Waals surface area contributed by atoms with Crippen molar-refractivity contribution in [2.75, 3.05) is 5.32 Å². The Morgan fingerprint density at radius 3 is 2.62 bits per heavy atom. The first-order chi connectivity index (χ1) is 12.6. The number of aromatic nitrogens is 1. The number of carbonyl (C=O) groups is 1. The molecular weight excluding hydrogens is 348 g/mol. The van der Waals surface area contributed by atoms with Crippen LogP contribution in [0.25, 0.3) is 22.2 Å². The van der Waals surface area contributed by atoms with Crippen LogP contribution in [0.4, 0.5) is 5.69 Å². The second-order valence-corrected chi connectivity index (χ2v) is 6.41. The Labute approximate surface area is 155 Å². The van der Waals surface area contributed by atoms with E-state index in [-0.39, 0.29) is 5.91 Å². The second-order valence-electron chi connectivity index (χ2n) is 6.00. The summed E-state index contributed by atoms with van der Waals surface area (Å²) in [6, 6.07) is 18.6. The Hall–Kier alpha value is -3.11. The summed E-state index contributed by atoms with van der Waals surface area (Å²) in [7, 11) is 0. The molecule has 0 saturated heterocycles. The van der Waals surface area contributed by atoms with Gasteiger partial charge in [0.25, 0.3) is 5.91 Å². The Bertz CT molecular complexity index is 1100. The molecule has 0 aliphatic heterocycles. The van der Waals surface area contributed by atoms with E-state index >= 15 is 0 Å². The summed E-state index contributed by atoms with van der Waals surface area (Å²) >= 11 is 6.07. The first-order valence-corrected chi connectivity index (χ1v) is 8.50. The summed E-state index contributed by atoms with van der Waals surface area (Å²) < 4.78 is 5.39. The van der Waals surface area contributed by atoms with Crippen molar-refractivity contribution in [2.24, 2.45) is 0 Å². The Balaban J connectivity index is 1.59. The molecule has 0 fully saturated rings. The number of carbonyl (C=O) groups excluding carboxylic acids is 1. The first kappa shape index (κ1) is 16.4. The highest BCUT2D eigenvalue weighted by Gasteiger charge is 2.11. The summed E-state index contributed by atoms with van der Waals surface area (Å²) in [6.07, 6.45) is 1.45. The zero-order valence-corrected chi connectivity index (χ0v) is 14.7. The van der Waals surface area contributed by atoms with Crippen molar-refractivity contribution in [3.8, 4) is 11.1 Å². The molecule has 0 atom stereocenters. The van der Waals surface area contributed by atoms with Gasteiger partial charge in [0.05, 0.1) is 10.6 Å². The molecule has 1 aromatic heterocycles. The summed E-state index contributed by atoms with van der Waals surface area (Å²) in [6.45, 7) is 2.04. The molecule has 0 radical (unpaired) electrons. The number of anilines is 1. The van der Waals surface area contributed by atoms with Crippen molar-refractivity contribution in [3.05, 3.63) is 83.2 Å². The summed E-state index contributed by atoms with van der Waals surface area (Å²) in [5.74, 6) is -0.234. The van der Waals surface area contributed by atoms with Crippen LogP contribution in [-0.2, 0) is 0 Å². The van der Waals surface area contributed by atoms with Crippen LogP contribution < -0.4 is 5.32 Å². The number of amides is 1. The largest absolute Gasteiger partial charge is 0.443 e. The maximum absolute atomic E-state index is 12.3. The quantitative estimate of drug-likeness (QED) is 0.508. The zero-order valence-electron chi connectivity index (χ0n) is 14.0. The number of hydrogen-bond donors (Lipinski definition) is 1. The second kappa shape index (κ2) is 6.65. The molecule has 0 aliphatic carbocycles. The number of nitrogens with zero attached hydrogens (tertiary/aromatic N) is 1. The summed E-state index contributed by atoms with van der Waals surface area (Å²) in [5, 5.41) is 3.29. The number of rotatable bonds is 3. The van der Waals surface area contributed by atoms with Gasteiger partial charge in [0.2, 0.25) is 0 Å². The minimum Gasteiger partial charge on any atom is -0.443 e. The molecule has 128 valence electrons. The van der Waals surface area contributed by atoms with E-state index in [4.69, 9.17) is 16.0 Å². The van der Waals surface area contributed by atoms with Crippen molar-refractivity contribution < 1.29 is 9.21 Å². The molecule has 0 aliphatic rings. The number of oxazole rings is 1. The van der Waals surface area contributed by atoms with E-state index in [1.165, 1.54) is 6.39 Å². The lowest BCUT2D eigenvalue weighted by Crippen LogP contribution is -2.12. The highest BCUT2D eigenvalue weighted by molar-refractivity contribution is 6.34. The van der Waals surface area contributed by atoms with E-state index in [1.54, 1.807) is 24.3 Å². The fourth-order valence-electron chi connectivity index (χ4n) is 2.90. The molecule has 1 amide bonds. The van der Waals surface area contributed by atoms with Crippen LogP contribution in [0.5, 0.6) is 0 Å². The van der Waals surface area contributed by atoms with E-state index in [1.807, 2.05) is 43.3 Å². The van der Waals surface area contributed by atoms with Crippen molar-refractivity contribution >= 4 is 34.3 Å². The third-order valence-corrected chi connectivity index (χ3v) is 4.58. The molecule has 1 N–H and O–H groups in total. The van der Waals surface area contributed by atoms with Crippen molar-refractivity contribution in [1.82, 2.24) is 4.98 Å². The summed E-state index contributed by atoms with van der Waals surface area (Å²) in [5.41, 5.74) is 5.97. The van der Waals surface area contributed by atoms with Gasteiger partial charge in [0.15, 0.2) is 12.0 Å². The highest BCUT2D eigenvalue weighted by Crippen LogP contribution is 2.29. The molecule has 26 heavy (non-hydrogen) atoms. The Morgan fingerprint density at radius 1 is 1.08 bits per heavy atom. The predicted octanol–water partition coefficient (Wildman–Crippen LogP) is 5.71. The van der Waals surface area contributed by atoms with Gasteiger partial charge >= 0.3 is 0 Å². The number of nitrogens with one attached hydrogen (secondary N) is 1. The Kier molecular flexibility index (Phi) is 4.19. The monoisotopic (exact) mass is 362 g/mol. The fraction of sp³-hybridized carbons (Fsp3) is 0.0476. The minimum atomic E-state index is -0.234. The standard InChI is InChI=1S/C21H15ClN2O2/c1-13-10-19-20(26-12-23-19)11-17(13)14-6-8-15(9-7-14)24-21(25)16-4-2-3-5-18(16)22/h2-12H,1H3,(H,24,25). The molecule has 0 unspecified atom stereocenters. The van der Waals surface area contributed by atoms with Gasteiger partial charge in [-0.15, -0.1) is 0 Å². The minimum absolute atomic E-state index is 0.234. The third-order valence-electron chi connectivity index (χ3n) is 4.25. The van der Waals surface area contributed by atoms with Gasteiger partial charge < -0.3 is 9.73 Å². The zero-order chi connectivity index (χ0) is 18.1. The maximum atomic E-state index is 12.3. The molecular formula is C21H15ClN2O2. The van der Waals surface area contributed by atoms with Crippen LogP contribution >= 0.6 is 11.6 Å². The number of benzene rings is 3. The lowest BCUT2D eigenvalue weighted by atomic mass is 10.00. The van der Waals surface area contributed by atoms with Crippen LogP contribution in [-0.4, -0.2) is 10.9 Å². The molecule has 4 nitrogen and oxygen atoms in total. The maximum Gasteiger partial charge on any atom is 0.257 e. The van der Waals surface area contributed by atoms with Crippen molar-refractivity contribution in [3.63, 3.8) is 0 Å². The smallest absolute Gasteiger partial charge is 0.257 e. The molecule has 4 rings (SSSR count). The van der Waals surface area contributed by atoms with Gasteiger partial charge in [-0.1, -0.05) is 35.9 Å². The average Bonchev–Trinajstić information content (AvgIpc) is 3.09. The van der Waals surface area contributed by atoms with Gasteiger partial charge in [-0.2, -0.15) is 0 Å². The van der Waals surface area contributed by atoms with Crippen molar-refractivity contribution in [1.29, 1.82) is 0 Å². The molecule has 0 bridgehead atoms. The lowest BCUT2D eigenvalue weighted by molar-refractivity contribution is 0.102. The molecule has 4 aromatic rings. The highest BCUT2D eigenvalue weighted by atomic mass is 35.5. The van der Waals surface area contributed by atoms with E-state index in [2.05, 4.69) is 10.3 Å². The van der Waals surface area contributed by atoms with E-state index < -0.39 is 0 Å². The first-order valence-electron chi connectivity index (χ1n) is 8.12. The van der Waals surface area contributed by atoms with E-state index in [0.29, 0.717) is 16.3 Å². The van der Waals surface area contributed by atoms with Crippen molar-refractivity contribution in [2.45, 2.75) is 6.92 Å². The van der Waals surface area contributed by atoms with Crippen LogP contribution in [0.3, 0.4) is 0 Å². The lowest BCUT2D eigenvalue weighted by Gasteiger charge is -2.09. The SMILES string of the molecule is Cc1cc2ncoc2cc1-c1ccc(NC(=O)c2ccccc2Cl)cc1. The van der Waals surface area contributed by atoms with Gasteiger partial charge in [0, 0.05) is 5.69 Å². The molecule has 0 spiro atoms. The van der Waals surface area contributed by atoms with Gasteiger partial charge in [-0.05, 0) is 60.0 Å².